The summed E-state index contributed by atoms with van der Waals surface area (Å²) in [5.41, 5.74) is 0.986. The summed E-state index contributed by atoms with van der Waals surface area (Å²) in [6.07, 6.45) is 2.30. The molecule has 52 heavy (non-hydrogen) atoms. The fourth-order valence-electron chi connectivity index (χ4n) is 6.74. The van der Waals surface area contributed by atoms with Crippen molar-refractivity contribution in [3.63, 3.8) is 0 Å². The van der Waals surface area contributed by atoms with Crippen LogP contribution in [0.3, 0.4) is 0 Å². The second-order valence-corrected chi connectivity index (χ2v) is 16.8. The Hall–Kier alpha value is -4.57. The molecule has 0 radical (unpaired) electrons. The van der Waals surface area contributed by atoms with Crippen molar-refractivity contribution in [2.75, 3.05) is 50.0 Å². The average molecular weight is 751 g/mol. The predicted octanol–water partition coefficient (Wildman–Crippen LogP) is 5.56. The first-order valence-electron chi connectivity index (χ1n) is 17.4. The molecule has 6 rings (SSSR count). The highest BCUT2D eigenvalue weighted by molar-refractivity contribution is 7.89. The molecule has 4 aromatic rings. The SMILES string of the molecule is CCOC(=O)C1CCCN(S(=O)(=O)c2ccc3cc(NC(=O)Nc4ccc5cc(S(=O)(=O)N6CCCC(C(=O)OCC)C6)ccc5c4)ccc3c2)C1. The summed E-state index contributed by atoms with van der Waals surface area (Å²) in [7, 11) is -7.68. The van der Waals surface area contributed by atoms with Crippen LogP contribution in [0.5, 0.6) is 0 Å². The van der Waals surface area contributed by atoms with Crippen molar-refractivity contribution in [2.24, 2.45) is 11.8 Å². The van der Waals surface area contributed by atoms with Gasteiger partial charge in [-0.05, 0) is 110 Å². The van der Waals surface area contributed by atoms with E-state index in [2.05, 4.69) is 10.6 Å². The molecule has 2 saturated heterocycles. The number of carbonyl (C=O) groups excluding carboxylic acids is 3. The van der Waals surface area contributed by atoms with E-state index in [0.29, 0.717) is 60.9 Å². The number of rotatable bonds is 10. The van der Waals surface area contributed by atoms with E-state index in [1.807, 2.05) is 0 Å². The fraction of sp³-hybridized carbons (Fsp3) is 0.378. The van der Waals surface area contributed by atoms with Crippen LogP contribution in [0.25, 0.3) is 21.5 Å². The monoisotopic (exact) mass is 750 g/mol. The smallest absolute Gasteiger partial charge is 0.323 e. The average Bonchev–Trinajstić information content (AvgIpc) is 3.14. The third kappa shape index (κ3) is 8.07. The Morgan fingerprint density at radius 3 is 1.40 bits per heavy atom. The third-order valence-corrected chi connectivity index (χ3v) is 13.1. The summed E-state index contributed by atoms with van der Waals surface area (Å²) in [5, 5.41) is 8.37. The zero-order valence-corrected chi connectivity index (χ0v) is 30.7. The van der Waals surface area contributed by atoms with Gasteiger partial charge in [0.15, 0.2) is 0 Å². The Morgan fingerprint density at radius 1 is 0.615 bits per heavy atom. The van der Waals surface area contributed by atoms with Crippen molar-refractivity contribution in [3.8, 4) is 0 Å². The summed E-state index contributed by atoms with van der Waals surface area (Å²) in [6.45, 7) is 4.75. The van der Waals surface area contributed by atoms with Gasteiger partial charge < -0.3 is 20.1 Å². The first-order chi connectivity index (χ1) is 24.9. The number of esters is 2. The number of sulfonamides is 2. The van der Waals surface area contributed by atoms with Crippen LogP contribution >= 0.6 is 0 Å². The lowest BCUT2D eigenvalue weighted by molar-refractivity contribution is -0.150. The molecule has 4 aromatic carbocycles. The molecule has 2 amide bonds. The van der Waals surface area contributed by atoms with Gasteiger partial charge in [-0.1, -0.05) is 24.3 Å². The van der Waals surface area contributed by atoms with Gasteiger partial charge in [0.05, 0.1) is 34.8 Å². The summed E-state index contributed by atoms with van der Waals surface area (Å²) in [5.74, 6) is -1.74. The maximum absolute atomic E-state index is 13.5. The summed E-state index contributed by atoms with van der Waals surface area (Å²) < 4.78 is 66.8. The Balaban J connectivity index is 1.10. The maximum Gasteiger partial charge on any atom is 0.323 e. The Kier molecular flexibility index (Phi) is 11.1. The predicted molar refractivity (Wildman–Crippen MR) is 197 cm³/mol. The fourth-order valence-corrected chi connectivity index (χ4v) is 9.86. The first kappa shape index (κ1) is 37.2. The Labute approximate surface area is 303 Å². The van der Waals surface area contributed by atoms with Crippen molar-refractivity contribution in [1.29, 1.82) is 0 Å². The van der Waals surface area contributed by atoms with Crippen LogP contribution in [0.2, 0.25) is 0 Å². The summed E-state index contributed by atoms with van der Waals surface area (Å²) >= 11 is 0. The quantitative estimate of drug-likeness (QED) is 0.197. The topological polar surface area (TPSA) is 168 Å². The number of hydrogen-bond donors (Lipinski definition) is 2. The Morgan fingerprint density at radius 2 is 1.00 bits per heavy atom. The number of hydrogen-bond acceptors (Lipinski definition) is 9. The third-order valence-electron chi connectivity index (χ3n) is 9.42. The molecule has 2 aliphatic rings. The second kappa shape index (κ2) is 15.6. The van der Waals surface area contributed by atoms with Gasteiger partial charge >= 0.3 is 18.0 Å². The number of nitrogens with one attached hydrogen (secondary N) is 2. The number of fused-ring (bicyclic) bond motifs is 2. The number of carbonyl (C=O) groups is 3. The van der Waals surface area contributed by atoms with Gasteiger partial charge in [-0.2, -0.15) is 8.61 Å². The van der Waals surface area contributed by atoms with Gasteiger partial charge in [0.25, 0.3) is 0 Å². The molecular weight excluding hydrogens is 709 g/mol. The molecule has 15 heteroatoms. The van der Waals surface area contributed by atoms with Gasteiger partial charge in [-0.3, -0.25) is 9.59 Å². The molecule has 2 N–H and O–H groups in total. The normalized spacial score (nSPS) is 18.9. The minimum atomic E-state index is -3.84. The van der Waals surface area contributed by atoms with Gasteiger partial charge in [0.1, 0.15) is 0 Å². The minimum absolute atomic E-state index is 0.0796. The molecule has 2 aliphatic heterocycles. The molecule has 0 aliphatic carbocycles. The van der Waals surface area contributed by atoms with Gasteiger partial charge in [-0.15, -0.1) is 0 Å². The molecule has 2 fully saturated rings. The molecule has 0 aromatic heterocycles. The lowest BCUT2D eigenvalue weighted by Crippen LogP contribution is -2.42. The standard InChI is InChI=1S/C37H42N4O9S2/c1-3-49-35(42)29-7-5-17-40(23-29)51(45,46)33-15-11-25-19-31(13-9-27(25)21-33)38-37(44)39-32-14-10-28-22-34(16-12-26(28)20-32)52(47,48)41-18-6-8-30(24-41)36(43)50-4-2/h9-16,19-22,29-30H,3-8,17-18,23-24H2,1-2H3,(H2,38,39,44). The van der Waals surface area contributed by atoms with Gasteiger partial charge in [-0.25, -0.2) is 21.6 Å². The highest BCUT2D eigenvalue weighted by Gasteiger charge is 2.35. The van der Waals surface area contributed by atoms with Gasteiger partial charge in [0, 0.05) is 37.6 Å². The van der Waals surface area contributed by atoms with Crippen molar-refractivity contribution in [2.45, 2.75) is 49.3 Å². The Bertz CT molecular complexity index is 2070. The van der Waals surface area contributed by atoms with Crippen LogP contribution < -0.4 is 10.6 Å². The number of anilines is 2. The van der Waals surface area contributed by atoms with Crippen LogP contribution in [0.4, 0.5) is 16.2 Å². The van der Waals surface area contributed by atoms with Gasteiger partial charge in [0.2, 0.25) is 20.0 Å². The van der Waals surface area contributed by atoms with E-state index in [0.717, 1.165) is 10.8 Å². The van der Waals surface area contributed by atoms with Crippen molar-refractivity contribution < 1.29 is 40.7 Å². The number of ether oxygens (including phenoxy) is 2. The molecule has 13 nitrogen and oxygen atoms in total. The van der Waals surface area contributed by atoms with E-state index in [9.17, 15) is 31.2 Å². The summed E-state index contributed by atoms with van der Waals surface area (Å²) in [4.78, 5) is 37.7. The van der Waals surface area contributed by atoms with E-state index >= 15 is 0 Å². The molecule has 0 saturated carbocycles. The second-order valence-electron chi connectivity index (χ2n) is 12.9. The number of nitrogens with zero attached hydrogens (tertiary/aromatic N) is 2. The minimum Gasteiger partial charge on any atom is -0.466 e. The highest BCUT2D eigenvalue weighted by atomic mass is 32.2. The molecule has 2 atom stereocenters. The van der Waals surface area contributed by atoms with E-state index < -0.39 is 37.9 Å². The zero-order valence-electron chi connectivity index (χ0n) is 29.0. The number of urea groups is 1. The first-order valence-corrected chi connectivity index (χ1v) is 20.3. The van der Waals surface area contributed by atoms with E-state index in [1.165, 1.54) is 20.7 Å². The van der Waals surface area contributed by atoms with Crippen LogP contribution in [-0.4, -0.2) is 82.8 Å². The molecular formula is C37H42N4O9S2. The van der Waals surface area contributed by atoms with Crippen LogP contribution in [0, 0.1) is 11.8 Å². The molecule has 0 bridgehead atoms. The lowest BCUT2D eigenvalue weighted by Gasteiger charge is -2.30. The zero-order chi connectivity index (χ0) is 37.0. The van der Waals surface area contributed by atoms with Crippen LogP contribution in [0.15, 0.2) is 82.6 Å². The van der Waals surface area contributed by atoms with Crippen molar-refractivity contribution >= 4 is 70.9 Å². The lowest BCUT2D eigenvalue weighted by atomic mass is 10.0. The van der Waals surface area contributed by atoms with Crippen molar-refractivity contribution in [1.82, 2.24) is 8.61 Å². The largest absolute Gasteiger partial charge is 0.466 e. The number of amides is 2. The van der Waals surface area contributed by atoms with Crippen molar-refractivity contribution in [3.05, 3.63) is 72.8 Å². The molecule has 0 spiro atoms. The number of benzene rings is 4. The number of piperidine rings is 2. The molecule has 2 unspecified atom stereocenters. The molecule has 276 valence electrons. The highest BCUT2D eigenvalue weighted by Crippen LogP contribution is 2.30. The van der Waals surface area contributed by atoms with Crippen LogP contribution in [-0.2, 0) is 39.1 Å². The van der Waals surface area contributed by atoms with E-state index in [-0.39, 0.29) is 48.0 Å². The van der Waals surface area contributed by atoms with E-state index in [1.54, 1.807) is 74.5 Å². The van der Waals surface area contributed by atoms with Crippen LogP contribution in [0.1, 0.15) is 39.5 Å². The molecule has 2 heterocycles. The van der Waals surface area contributed by atoms with E-state index in [4.69, 9.17) is 9.47 Å². The summed E-state index contributed by atoms with van der Waals surface area (Å²) in [6, 6.07) is 19.4. The maximum atomic E-state index is 13.5.